The first kappa shape index (κ1) is 11.3. The van der Waals surface area contributed by atoms with Crippen LogP contribution in [0.3, 0.4) is 0 Å². The molecule has 0 aliphatic heterocycles. The monoisotopic (exact) mass is 443 g/mol. The predicted molar refractivity (Wildman–Crippen MR) is 110 cm³/mol. The van der Waals surface area contributed by atoms with Crippen molar-refractivity contribution in [2.24, 2.45) is 0 Å². The Hall–Kier alpha value is -2.98. The van der Waals surface area contributed by atoms with E-state index in [9.17, 15) is 18.0 Å². The molecule has 0 bridgehead atoms. The minimum absolute atomic E-state index is 0.00593. The lowest BCUT2D eigenvalue weighted by atomic mass is 10.1. The zero-order valence-electron chi connectivity index (χ0n) is 24.9. The number of hydrogen-bond acceptors (Lipinski definition) is 7. The summed E-state index contributed by atoms with van der Waals surface area (Å²) in [7, 11) is -4.93. The van der Waals surface area contributed by atoms with E-state index < -0.39 is 85.7 Å². The summed E-state index contributed by atoms with van der Waals surface area (Å²) in [6.45, 7) is -3.52. The summed E-state index contributed by atoms with van der Waals surface area (Å²) in [5.41, 5.74) is -2.92. The number of anilines is 2. The molecule has 1 aromatic carbocycles. The molecule has 0 fully saturated rings. The molecule has 8 nitrogen and oxygen atoms in total. The van der Waals surface area contributed by atoms with Gasteiger partial charge in [0.1, 0.15) is 9.77 Å². The first-order valence-electron chi connectivity index (χ1n) is 12.7. The molecule has 0 atom stereocenters. The standard InChI is InChI=1S/C19H19N3O5S2/c1-10-5-6-15(14(9-10)13(4)23)20-18(24)17-16(7-8-28-17)29(25,26)22-19-11(2)12(3)21-27-19/h5-9,22H,1-4H3,(H,20,24)/i1D3,3D3,6D,9D/hD2. The number of carbonyl (C=O) groups excluding carboxylic acids is 2. The Morgan fingerprint density at radius 2 is 2.14 bits per heavy atom. The Bertz CT molecular complexity index is 1580. The highest BCUT2D eigenvalue weighted by Gasteiger charge is 2.27. The van der Waals surface area contributed by atoms with E-state index in [-0.39, 0.29) is 15.6 Å². The summed E-state index contributed by atoms with van der Waals surface area (Å²) in [6, 6.07) is 0.0998. The summed E-state index contributed by atoms with van der Waals surface area (Å²) in [5.74, 6) is -3.03. The van der Waals surface area contributed by atoms with Crippen LogP contribution in [-0.4, -0.2) is 25.3 Å². The van der Waals surface area contributed by atoms with Gasteiger partial charge >= 0.3 is 0 Å². The highest BCUT2D eigenvalue weighted by Crippen LogP contribution is 2.28. The smallest absolute Gasteiger partial charge is 0.267 e. The Labute approximate surface area is 186 Å². The number of amides is 1. The second-order valence-electron chi connectivity index (χ2n) is 5.67. The maximum atomic E-state index is 13.3. The SMILES string of the molecule is [2H]c1cc(C([2H])([2H])[2H])c([2H])c(C(C)=O)c1N([2H])C(=O)c1sccc1S(=O)(=O)N([2H])c1onc(C([2H])([2H])[2H])c1C. The number of aryl methyl sites for hydroxylation is 2. The molecular formula is C19H19N3O5S2. The fourth-order valence-electron chi connectivity index (χ4n) is 2.17. The van der Waals surface area contributed by atoms with Crippen LogP contribution in [0.5, 0.6) is 0 Å². The Balaban J connectivity index is 2.11. The number of hydrogen-bond donors (Lipinski definition) is 2. The fraction of sp³-hybridized carbons (Fsp3) is 0.211. The van der Waals surface area contributed by atoms with Crippen molar-refractivity contribution in [1.29, 1.82) is 0 Å². The number of nitrogens with zero attached hydrogens (tertiary/aromatic N) is 1. The normalized spacial score (nSPS) is 17.2. The topological polar surface area (TPSA) is 118 Å². The maximum Gasteiger partial charge on any atom is 0.267 e. The van der Waals surface area contributed by atoms with Crippen LogP contribution in [0.15, 0.2) is 39.0 Å². The first-order valence-corrected chi connectivity index (χ1v) is 10.1. The van der Waals surface area contributed by atoms with Crippen molar-refractivity contribution in [2.45, 2.75) is 32.4 Å². The van der Waals surface area contributed by atoms with Crippen LogP contribution in [0.25, 0.3) is 0 Å². The zero-order valence-corrected chi connectivity index (χ0v) is 16.6. The number of rotatable bonds is 6. The molecule has 3 aromatic rings. The summed E-state index contributed by atoms with van der Waals surface area (Å²) in [6.07, 6.45) is 0. The average molecular weight is 444 g/mol. The number of aromatic nitrogens is 1. The van der Waals surface area contributed by atoms with Crippen LogP contribution < -0.4 is 10.0 Å². The Kier molecular flexibility index (Phi) is 3.03. The molecule has 3 rings (SSSR count). The molecule has 0 radical (unpaired) electrons. The van der Waals surface area contributed by atoms with Crippen molar-refractivity contribution in [2.75, 3.05) is 10.0 Å². The van der Waals surface area contributed by atoms with E-state index in [0.717, 1.165) is 24.4 Å². The lowest BCUT2D eigenvalue weighted by Gasteiger charge is -2.11. The third-order valence-corrected chi connectivity index (χ3v) is 5.95. The van der Waals surface area contributed by atoms with E-state index in [0.29, 0.717) is 11.3 Å². The van der Waals surface area contributed by atoms with E-state index in [1.54, 1.807) is 0 Å². The molecule has 0 spiro atoms. The van der Waals surface area contributed by atoms with E-state index in [2.05, 4.69) is 5.16 Å². The molecule has 2 N–H and O–H groups in total. The van der Waals surface area contributed by atoms with Gasteiger partial charge in [0.15, 0.2) is 8.61 Å². The zero-order chi connectivity index (χ0) is 29.8. The summed E-state index contributed by atoms with van der Waals surface area (Å²) in [4.78, 5) is 24.2. The molecule has 0 aliphatic rings. The molecule has 1 amide bonds. The lowest BCUT2D eigenvalue weighted by Crippen LogP contribution is -2.19. The van der Waals surface area contributed by atoms with E-state index in [1.807, 2.05) is 0 Å². The lowest BCUT2D eigenvalue weighted by molar-refractivity contribution is 0.101. The Morgan fingerprint density at radius 3 is 2.79 bits per heavy atom. The van der Waals surface area contributed by atoms with E-state index >= 15 is 0 Å². The summed E-state index contributed by atoms with van der Waals surface area (Å²) < 4.78 is 109. The molecule has 152 valence electrons. The van der Waals surface area contributed by atoms with Gasteiger partial charge in [-0.25, -0.2) is 13.1 Å². The van der Waals surface area contributed by atoms with Gasteiger partial charge < -0.3 is 9.83 Å². The molecule has 0 saturated heterocycles. The molecule has 0 saturated carbocycles. The number of sulfonamides is 1. The minimum Gasteiger partial charge on any atom is -0.337 e. The van der Waals surface area contributed by atoms with Crippen LogP contribution in [0, 0.1) is 20.6 Å². The summed E-state index contributed by atoms with van der Waals surface area (Å²) >= 11 is 0.546. The van der Waals surface area contributed by atoms with Crippen molar-refractivity contribution < 1.29 is 36.3 Å². The number of ketones is 1. The average Bonchev–Trinajstić information content (AvgIpc) is 3.44. The van der Waals surface area contributed by atoms with Gasteiger partial charge in [-0.3, -0.25) is 9.59 Å². The second-order valence-corrected chi connectivity index (χ2v) is 8.15. The van der Waals surface area contributed by atoms with Gasteiger partial charge in [-0.15, -0.1) is 11.3 Å². The van der Waals surface area contributed by atoms with Crippen LogP contribution >= 0.6 is 11.3 Å². The van der Waals surface area contributed by atoms with Gasteiger partial charge in [0.05, 0.1) is 14.1 Å². The van der Waals surface area contributed by atoms with Crippen LogP contribution in [0.2, 0.25) is 2.82 Å². The molecule has 0 aliphatic carbocycles. The molecular weight excluding hydrogens is 414 g/mol. The van der Waals surface area contributed by atoms with Crippen LogP contribution in [0.1, 0.15) is 54.7 Å². The Morgan fingerprint density at radius 1 is 1.34 bits per heavy atom. The third-order valence-electron chi connectivity index (χ3n) is 3.62. The van der Waals surface area contributed by atoms with Gasteiger partial charge in [-0.05, 0) is 51.1 Å². The van der Waals surface area contributed by atoms with Gasteiger partial charge in [0.25, 0.3) is 15.9 Å². The highest BCUT2D eigenvalue weighted by atomic mass is 32.2. The molecule has 29 heavy (non-hydrogen) atoms. The second kappa shape index (κ2) is 7.80. The summed E-state index contributed by atoms with van der Waals surface area (Å²) in [5, 5.41) is 4.48. The van der Waals surface area contributed by atoms with Crippen LogP contribution in [0.4, 0.5) is 11.6 Å². The first-order chi connectivity index (χ1) is 17.7. The molecule has 2 heterocycles. The largest absolute Gasteiger partial charge is 0.337 e. The number of Topliss-reactive ketones (excluding diaryl/α,β-unsaturated/α-hetero) is 1. The van der Waals surface area contributed by atoms with Crippen LogP contribution in [-0.2, 0) is 10.0 Å². The van der Waals surface area contributed by atoms with Crippen molar-refractivity contribution >= 4 is 44.6 Å². The van der Waals surface area contributed by atoms with Crippen molar-refractivity contribution in [3.8, 4) is 0 Å². The van der Waals surface area contributed by atoms with Crippen molar-refractivity contribution in [3.05, 3.63) is 56.9 Å². The number of thiophene rings is 1. The number of benzene rings is 1. The quantitative estimate of drug-likeness (QED) is 0.558. The number of nitrogens with one attached hydrogen (secondary N) is 2. The predicted octanol–water partition coefficient (Wildman–Crippen LogP) is 3.92. The number of carbonyl (C=O) groups is 2. The van der Waals surface area contributed by atoms with Crippen molar-refractivity contribution in [1.82, 2.24) is 5.16 Å². The van der Waals surface area contributed by atoms with Gasteiger partial charge in [-0.2, -0.15) is 0 Å². The van der Waals surface area contributed by atoms with Gasteiger partial charge in [0, 0.05) is 19.4 Å². The van der Waals surface area contributed by atoms with Gasteiger partial charge in [-0.1, -0.05) is 16.8 Å². The third kappa shape index (κ3) is 4.22. The molecule has 10 heteroatoms. The van der Waals surface area contributed by atoms with Gasteiger partial charge in [0.2, 0.25) is 5.88 Å². The van der Waals surface area contributed by atoms with Crippen molar-refractivity contribution in [3.63, 3.8) is 0 Å². The molecule has 0 unspecified atom stereocenters. The van der Waals surface area contributed by atoms with E-state index in [1.165, 1.54) is 6.92 Å². The van der Waals surface area contributed by atoms with E-state index in [4.69, 9.17) is 18.3 Å². The molecule has 2 aromatic heterocycles. The fourth-order valence-corrected chi connectivity index (χ4v) is 4.43. The minimum atomic E-state index is -4.93. The highest BCUT2D eigenvalue weighted by molar-refractivity contribution is 7.93. The maximum absolute atomic E-state index is 13.3.